The maximum atomic E-state index is 10.1. The average molecular weight is 1800 g/mol. The van der Waals surface area contributed by atoms with Crippen molar-refractivity contribution in [1.82, 2.24) is 78.4 Å². The summed E-state index contributed by atoms with van der Waals surface area (Å²) in [7, 11) is 8.05. The van der Waals surface area contributed by atoms with Crippen molar-refractivity contribution in [3.8, 4) is 58.0 Å². The molecule has 9 aromatic heterocycles. The minimum Gasteiger partial charge on any atom is -0.497 e. The molecule has 0 amide bonds. The quantitative estimate of drug-likeness (QED) is 0.0111. The molecular formula is C89H112ClN21O14P2. The van der Waals surface area contributed by atoms with Crippen molar-refractivity contribution in [2.45, 2.75) is 187 Å². The zero-order chi connectivity index (χ0) is 90.6. The number of furan rings is 3. The lowest BCUT2D eigenvalue weighted by molar-refractivity contribution is -0.0931. The highest BCUT2D eigenvalue weighted by Gasteiger charge is 2.47. The molecule has 0 radical (unpaired) electrons. The average Bonchev–Trinajstić information content (AvgIpc) is 1.72. The number of hydrogen-bond acceptors (Lipinski definition) is 30. The van der Waals surface area contributed by atoms with Gasteiger partial charge in [0.05, 0.1) is 132 Å². The van der Waals surface area contributed by atoms with Crippen molar-refractivity contribution in [3.63, 3.8) is 0 Å². The van der Waals surface area contributed by atoms with Gasteiger partial charge in [0.2, 0.25) is 7.65 Å². The van der Waals surface area contributed by atoms with Crippen LogP contribution in [0.3, 0.4) is 0 Å². The summed E-state index contributed by atoms with van der Waals surface area (Å²) in [6, 6.07) is 42.0. The number of rotatable bonds is 34. The minimum absolute atomic E-state index is 0.0747. The number of nitrogens with zero attached hydrogens (tertiary/aromatic N) is 20. The van der Waals surface area contributed by atoms with Gasteiger partial charge in [0, 0.05) is 65.2 Å². The summed E-state index contributed by atoms with van der Waals surface area (Å²) in [6.07, 6.45) is 11.8. The zero-order valence-electron chi connectivity index (χ0n) is 74.3. The second-order valence-corrected chi connectivity index (χ2v) is 35.2. The minimum atomic E-state index is -1.67. The van der Waals surface area contributed by atoms with Gasteiger partial charge in [-0.2, -0.15) is 25.8 Å². The number of halogens is 1. The van der Waals surface area contributed by atoms with Crippen LogP contribution in [0.25, 0.3) is 67.5 Å². The van der Waals surface area contributed by atoms with Crippen molar-refractivity contribution in [3.05, 3.63) is 170 Å². The number of ether oxygens (including phenoxy) is 6. The maximum absolute atomic E-state index is 10.1. The van der Waals surface area contributed by atoms with Crippen molar-refractivity contribution in [1.29, 1.82) is 10.5 Å². The number of aliphatic imine (C=N–C) groups is 2. The molecule has 12 aromatic rings. The highest BCUT2D eigenvalue weighted by molar-refractivity contribution is 7.78. The molecule has 3 aliphatic rings. The van der Waals surface area contributed by atoms with Gasteiger partial charge in [-0.05, 0) is 163 Å². The molecule has 127 heavy (non-hydrogen) atoms. The molecule has 0 saturated carbocycles. The molecule has 3 aromatic carbocycles. The van der Waals surface area contributed by atoms with Crippen molar-refractivity contribution in [2.75, 3.05) is 74.6 Å². The van der Waals surface area contributed by atoms with Crippen LogP contribution >= 0.6 is 27.4 Å². The number of methoxy groups -OCH3 is 2. The highest BCUT2D eigenvalue weighted by atomic mass is 35.7. The zero-order valence-corrected chi connectivity index (χ0v) is 76.8. The molecule has 12 heterocycles. The Kier molecular flexibility index (Phi) is 33.6. The van der Waals surface area contributed by atoms with Crippen LogP contribution in [0.1, 0.15) is 143 Å². The predicted molar refractivity (Wildman–Crippen MR) is 485 cm³/mol. The van der Waals surface area contributed by atoms with Crippen LogP contribution in [0.15, 0.2) is 176 Å². The van der Waals surface area contributed by atoms with E-state index in [-0.39, 0.29) is 50.7 Å². The van der Waals surface area contributed by atoms with E-state index in [0.29, 0.717) is 129 Å². The van der Waals surface area contributed by atoms with Crippen LogP contribution in [0.5, 0.6) is 11.5 Å². The Morgan fingerprint density at radius 1 is 0.567 bits per heavy atom. The van der Waals surface area contributed by atoms with E-state index in [2.05, 4.69) is 137 Å². The number of nitriles is 2. The van der Waals surface area contributed by atoms with Crippen LogP contribution < -0.4 is 15.2 Å². The first-order valence-corrected chi connectivity index (χ1v) is 45.3. The second kappa shape index (κ2) is 44.8. The van der Waals surface area contributed by atoms with Crippen LogP contribution in [0, 0.1) is 28.6 Å². The summed E-state index contributed by atoms with van der Waals surface area (Å²) in [6.45, 7) is 21.6. The molecule has 11 atom stereocenters. The largest absolute Gasteiger partial charge is 0.497 e. The smallest absolute Gasteiger partial charge is 0.259 e. The first kappa shape index (κ1) is 95.3. The molecule has 15 rings (SSSR count). The molecule has 35 nitrogen and oxygen atoms in total. The van der Waals surface area contributed by atoms with E-state index in [1.807, 2.05) is 135 Å². The number of hydrogen-bond donors (Lipinski definition) is 3. The fourth-order valence-corrected chi connectivity index (χ4v) is 19.5. The molecule has 38 heteroatoms. The standard InChI is InChI=1S/C47H55N8O7P.C17H20N6O4.C16H19N5O2.C9H18ClN2OP/c1-32(2)55(33(3)4)63(60-27-13-25-48)62-40-28-42(54-46-43(44(52-54)39-16-12-26-58-39)45(49-30-50-46)51-31-53(5)6)61-41(40)29-59-47(34-14-10-9-11-15-34,35-17-21-37(56-7)22-18-35)36-19-23-38(57-8)24-20-36;1-22(2)9-20-16-14-15(11-4-3-5-26-11)21-23(17(14)19-8-18-16)13-6-10(25)12(7-24)27-13;1-3-10-9(2)7-12(23-10)21-16-13(15(17)18-8-19-16)14(20-21)11-5-4-6-22-11;1-8(2)12(9(3)4)14(10)13-7-5-6-11/h9-12,14-24,26,30-33,40-42H,13,27-29H2,1-8H3;3-5,8-10,12-13,24-25H,6-7H2,1-2H3;4-6,8-10,12H,3,7H2,1-2H3,(H2,17,18,19);8-9H,5,7H2,1-4H3. The Morgan fingerprint density at radius 2 is 1.00 bits per heavy atom. The lowest BCUT2D eigenvalue weighted by Gasteiger charge is -2.39. The number of benzene rings is 3. The molecular weight excluding hydrogens is 1680 g/mol. The Bertz CT molecular complexity index is 5510. The number of aliphatic hydroxyl groups is 2. The SMILES string of the molecule is CC(C)N(C(C)C)P(Cl)OCCC#N.CCC1OC(n2nc(-c3ccco3)c3c(N)ncnc32)CC1C.CN(C)C=Nc1ncnc2c1c(-c1ccco1)nn2C1CC(O)C(CO)O1.COc1ccc(C(OCC2OC(n3nc(-c4ccco4)c4c(N=CN(C)C)ncnc43)CC2OP(OCCC#N)N(C(C)C)C(C)C)(c2ccccc2)c2ccc(OC)cc2)cc1. The summed E-state index contributed by atoms with van der Waals surface area (Å²) in [4.78, 5) is 39.1. The first-order chi connectivity index (χ1) is 61.3. The number of aromatic nitrogens is 12. The summed E-state index contributed by atoms with van der Waals surface area (Å²) in [5, 5.41) is 53.6. The molecule has 0 spiro atoms. The monoisotopic (exact) mass is 1800 g/mol. The third-order valence-electron chi connectivity index (χ3n) is 21.0. The summed E-state index contributed by atoms with van der Waals surface area (Å²) < 4.78 is 83.0. The van der Waals surface area contributed by atoms with Crippen LogP contribution in [0.4, 0.5) is 17.5 Å². The van der Waals surface area contributed by atoms with Gasteiger partial charge in [-0.1, -0.05) is 68.4 Å². The van der Waals surface area contributed by atoms with E-state index in [0.717, 1.165) is 41.0 Å². The van der Waals surface area contributed by atoms with Gasteiger partial charge in [-0.3, -0.25) is 0 Å². The van der Waals surface area contributed by atoms with E-state index in [1.54, 1.807) is 72.1 Å². The van der Waals surface area contributed by atoms with Gasteiger partial charge < -0.3 is 81.0 Å². The first-order valence-electron chi connectivity index (χ1n) is 42.1. The highest BCUT2D eigenvalue weighted by Crippen LogP contribution is 2.53. The van der Waals surface area contributed by atoms with Gasteiger partial charge in [0.25, 0.3) is 8.53 Å². The van der Waals surface area contributed by atoms with Gasteiger partial charge in [-0.15, -0.1) is 0 Å². The number of nitrogen functional groups attached to an aromatic ring is 1. The topological polar surface area (TPSA) is 405 Å². The van der Waals surface area contributed by atoms with E-state index in [4.69, 9.17) is 92.7 Å². The summed E-state index contributed by atoms with van der Waals surface area (Å²) in [5.74, 6) is 4.92. The van der Waals surface area contributed by atoms with E-state index in [1.165, 1.54) is 19.0 Å². The van der Waals surface area contributed by atoms with Crippen LogP contribution in [-0.4, -0.2) is 225 Å². The normalized spacial score (nSPS) is 19.4. The fraction of sp³-hybridized carbons (Fsp3) is 0.449. The van der Waals surface area contributed by atoms with Crippen LogP contribution in [0.2, 0.25) is 0 Å². The lowest BCUT2D eigenvalue weighted by atomic mass is 9.80. The lowest BCUT2D eigenvalue weighted by Crippen LogP contribution is -2.39. The summed E-state index contributed by atoms with van der Waals surface area (Å²) >= 11 is 6.13. The van der Waals surface area contributed by atoms with Gasteiger partial charge in [-0.25, -0.2) is 63.3 Å². The molecule has 3 saturated heterocycles. The van der Waals surface area contributed by atoms with E-state index < -0.39 is 58.7 Å². The molecule has 4 N–H and O–H groups in total. The Morgan fingerprint density at radius 3 is 1.43 bits per heavy atom. The van der Waals surface area contributed by atoms with Crippen molar-refractivity contribution < 1.29 is 65.5 Å². The van der Waals surface area contributed by atoms with E-state index >= 15 is 0 Å². The second-order valence-electron chi connectivity index (χ2n) is 31.7. The summed E-state index contributed by atoms with van der Waals surface area (Å²) in [5.41, 5.74) is 11.0. The molecule has 3 aliphatic heterocycles. The van der Waals surface area contributed by atoms with Crippen molar-refractivity contribution >= 4 is 90.6 Å². The predicted octanol–water partition coefficient (Wildman–Crippen LogP) is 16.7. The van der Waals surface area contributed by atoms with Crippen LogP contribution in [-0.2, 0) is 38.1 Å². The number of aliphatic hydroxyl groups excluding tert-OH is 2. The number of fused-ring (bicyclic) bond motifs is 3. The van der Waals surface area contributed by atoms with Gasteiger partial charge >= 0.3 is 0 Å². The van der Waals surface area contributed by atoms with Gasteiger partial charge in [0.1, 0.15) is 71.2 Å². The Labute approximate surface area is 746 Å². The van der Waals surface area contributed by atoms with E-state index in [9.17, 15) is 15.5 Å². The third kappa shape index (κ3) is 22.5. The molecule has 674 valence electrons. The molecule has 0 aliphatic carbocycles. The third-order valence-corrected chi connectivity index (χ3v) is 25.7. The maximum Gasteiger partial charge on any atom is 0.259 e. The Balaban J connectivity index is 0.000000185. The number of anilines is 1. The Hall–Kier alpha value is -10.8. The fourth-order valence-electron chi connectivity index (χ4n) is 15.3. The molecule has 3 fully saturated rings. The van der Waals surface area contributed by atoms with Crippen molar-refractivity contribution in [2.24, 2.45) is 15.9 Å². The molecule has 0 bridgehead atoms. The molecule has 11 unspecified atom stereocenters. The van der Waals surface area contributed by atoms with Gasteiger partial charge in [0.15, 0.2) is 64.5 Å². The number of nitrogens with two attached hydrogens (primary N) is 1.